The van der Waals surface area contributed by atoms with E-state index in [-0.39, 0.29) is 6.10 Å². The minimum Gasteiger partial charge on any atom is -0.497 e. The first-order valence-electron chi connectivity index (χ1n) is 7.76. The Bertz CT molecular complexity index is 618. The predicted octanol–water partition coefficient (Wildman–Crippen LogP) is 3.14. The topological polar surface area (TPSA) is 45.5 Å². The molecule has 1 aromatic heterocycles. The molecule has 5 nitrogen and oxygen atoms in total. The third-order valence-electron chi connectivity index (χ3n) is 3.74. The molecular weight excluding hydrogens is 280 g/mol. The van der Waals surface area contributed by atoms with E-state index >= 15 is 0 Å². The highest BCUT2D eigenvalue weighted by Gasteiger charge is 2.20. The van der Waals surface area contributed by atoms with Gasteiger partial charge in [-0.05, 0) is 24.6 Å². The van der Waals surface area contributed by atoms with Crippen LogP contribution in [0.5, 0.6) is 11.5 Å². The summed E-state index contributed by atoms with van der Waals surface area (Å²) in [6.07, 6.45) is 4.09. The van der Waals surface area contributed by atoms with Gasteiger partial charge in [0.05, 0.1) is 26.0 Å². The number of methoxy groups -OCH3 is 1. The van der Waals surface area contributed by atoms with Crippen molar-refractivity contribution < 1.29 is 14.2 Å². The Kier molecular flexibility index (Phi) is 4.63. The summed E-state index contributed by atoms with van der Waals surface area (Å²) in [6.45, 7) is 4.46. The van der Waals surface area contributed by atoms with Crippen molar-refractivity contribution in [1.82, 2.24) is 9.78 Å². The van der Waals surface area contributed by atoms with Crippen LogP contribution < -0.4 is 9.47 Å². The molecule has 1 aliphatic heterocycles. The third-order valence-corrected chi connectivity index (χ3v) is 3.74. The lowest BCUT2D eigenvalue weighted by atomic mass is 10.1. The molecule has 0 saturated carbocycles. The molecule has 22 heavy (non-hydrogen) atoms. The molecule has 0 aliphatic carbocycles. The second kappa shape index (κ2) is 6.83. The molecule has 0 amide bonds. The van der Waals surface area contributed by atoms with Crippen LogP contribution in [0, 0.1) is 0 Å². The van der Waals surface area contributed by atoms with E-state index in [0.717, 1.165) is 48.7 Å². The van der Waals surface area contributed by atoms with Gasteiger partial charge in [0, 0.05) is 30.8 Å². The van der Waals surface area contributed by atoms with Crippen LogP contribution in [0.4, 0.5) is 0 Å². The lowest BCUT2D eigenvalue weighted by Gasteiger charge is -2.15. The van der Waals surface area contributed by atoms with Crippen molar-refractivity contribution in [2.75, 3.05) is 20.3 Å². The predicted molar refractivity (Wildman–Crippen MR) is 84.4 cm³/mol. The Morgan fingerprint density at radius 3 is 3.00 bits per heavy atom. The average molecular weight is 302 g/mol. The van der Waals surface area contributed by atoms with Gasteiger partial charge in [0.2, 0.25) is 0 Å². The van der Waals surface area contributed by atoms with Crippen molar-refractivity contribution in [2.45, 2.75) is 32.4 Å². The maximum atomic E-state index is 6.12. The van der Waals surface area contributed by atoms with Crippen LogP contribution in [0.2, 0.25) is 0 Å². The number of hydrogen-bond acceptors (Lipinski definition) is 4. The van der Waals surface area contributed by atoms with Gasteiger partial charge in [-0.25, -0.2) is 0 Å². The maximum Gasteiger partial charge on any atom is 0.133 e. The highest BCUT2D eigenvalue weighted by molar-refractivity contribution is 5.68. The minimum atomic E-state index is 0.101. The number of ether oxygens (including phenoxy) is 3. The third kappa shape index (κ3) is 3.25. The van der Waals surface area contributed by atoms with Gasteiger partial charge >= 0.3 is 0 Å². The Labute approximate surface area is 130 Å². The van der Waals surface area contributed by atoms with E-state index in [4.69, 9.17) is 14.2 Å². The molecule has 118 valence electrons. The van der Waals surface area contributed by atoms with Crippen LogP contribution in [0.3, 0.4) is 0 Å². The first-order chi connectivity index (χ1) is 10.8. The zero-order valence-electron chi connectivity index (χ0n) is 13.1. The molecule has 0 bridgehead atoms. The van der Waals surface area contributed by atoms with E-state index in [1.165, 1.54) is 0 Å². The van der Waals surface area contributed by atoms with Crippen molar-refractivity contribution in [3.63, 3.8) is 0 Å². The zero-order chi connectivity index (χ0) is 15.4. The average Bonchev–Trinajstić information content (AvgIpc) is 3.19. The molecule has 0 unspecified atom stereocenters. The molecule has 3 rings (SSSR count). The first kappa shape index (κ1) is 14.9. The van der Waals surface area contributed by atoms with Crippen LogP contribution in [-0.4, -0.2) is 36.2 Å². The molecule has 1 fully saturated rings. The van der Waals surface area contributed by atoms with Crippen LogP contribution in [0.15, 0.2) is 30.5 Å². The van der Waals surface area contributed by atoms with Crippen LogP contribution >= 0.6 is 0 Å². The summed E-state index contributed by atoms with van der Waals surface area (Å²) in [4.78, 5) is 0. The van der Waals surface area contributed by atoms with Gasteiger partial charge < -0.3 is 14.2 Å². The summed E-state index contributed by atoms with van der Waals surface area (Å²) >= 11 is 0. The van der Waals surface area contributed by atoms with E-state index in [1.54, 1.807) is 7.11 Å². The Balaban J connectivity index is 1.90. The van der Waals surface area contributed by atoms with E-state index < -0.39 is 0 Å². The molecule has 1 atom stereocenters. The van der Waals surface area contributed by atoms with Gasteiger partial charge in [0.1, 0.15) is 17.6 Å². The molecule has 1 aliphatic rings. The highest BCUT2D eigenvalue weighted by atomic mass is 16.5. The fourth-order valence-electron chi connectivity index (χ4n) is 2.58. The van der Waals surface area contributed by atoms with Crippen LogP contribution in [-0.2, 0) is 11.3 Å². The fourth-order valence-corrected chi connectivity index (χ4v) is 2.58. The molecule has 0 spiro atoms. The number of hydrogen-bond donors (Lipinski definition) is 0. The van der Waals surface area contributed by atoms with E-state index in [0.29, 0.717) is 6.61 Å². The summed E-state index contributed by atoms with van der Waals surface area (Å²) < 4.78 is 18.8. The number of nitrogens with zero attached hydrogens (tertiary/aromatic N) is 2. The first-order valence-corrected chi connectivity index (χ1v) is 7.76. The quantitative estimate of drug-likeness (QED) is 0.822. The minimum absolute atomic E-state index is 0.101. The zero-order valence-corrected chi connectivity index (χ0v) is 13.1. The van der Waals surface area contributed by atoms with Crippen LogP contribution in [0.1, 0.15) is 19.8 Å². The SMILES string of the molecule is CCCn1ccc(-c2ccc(OC)cc2O[C@@H]2CCOC2)n1. The second-order valence-corrected chi connectivity index (χ2v) is 5.43. The fraction of sp³-hybridized carbons (Fsp3) is 0.471. The van der Waals surface area contributed by atoms with Gasteiger partial charge in [-0.2, -0.15) is 5.10 Å². The van der Waals surface area contributed by atoms with Crippen molar-refractivity contribution in [3.05, 3.63) is 30.5 Å². The highest BCUT2D eigenvalue weighted by Crippen LogP contribution is 2.34. The lowest BCUT2D eigenvalue weighted by Crippen LogP contribution is -2.16. The van der Waals surface area contributed by atoms with E-state index in [9.17, 15) is 0 Å². The van der Waals surface area contributed by atoms with Crippen molar-refractivity contribution in [2.24, 2.45) is 0 Å². The van der Waals surface area contributed by atoms with Crippen molar-refractivity contribution in [3.8, 4) is 22.8 Å². The number of aryl methyl sites for hydroxylation is 1. The normalized spacial score (nSPS) is 17.6. The monoisotopic (exact) mass is 302 g/mol. The lowest BCUT2D eigenvalue weighted by molar-refractivity contribution is 0.141. The van der Waals surface area contributed by atoms with E-state index in [1.807, 2.05) is 35.1 Å². The standard InChI is InChI=1S/C17H22N2O3/c1-3-8-19-9-6-16(18-19)15-5-4-13(20-2)11-17(15)22-14-7-10-21-12-14/h4-6,9,11,14H,3,7-8,10,12H2,1-2H3/t14-/m1/s1. The number of aromatic nitrogens is 2. The summed E-state index contributed by atoms with van der Waals surface area (Å²) in [6, 6.07) is 7.89. The van der Waals surface area contributed by atoms with E-state index in [2.05, 4.69) is 12.0 Å². The molecule has 1 aromatic carbocycles. The summed E-state index contributed by atoms with van der Waals surface area (Å²) in [7, 11) is 1.66. The Hall–Kier alpha value is -2.01. The second-order valence-electron chi connectivity index (χ2n) is 5.43. The van der Waals surface area contributed by atoms with Crippen LogP contribution in [0.25, 0.3) is 11.3 Å². The Morgan fingerprint density at radius 1 is 1.36 bits per heavy atom. The number of benzene rings is 1. The Morgan fingerprint density at radius 2 is 2.27 bits per heavy atom. The number of rotatable bonds is 6. The molecule has 0 radical (unpaired) electrons. The van der Waals surface area contributed by atoms with Gasteiger partial charge in [0.25, 0.3) is 0 Å². The maximum absolute atomic E-state index is 6.12. The molecule has 1 saturated heterocycles. The van der Waals surface area contributed by atoms with Gasteiger partial charge in [-0.3, -0.25) is 4.68 Å². The van der Waals surface area contributed by atoms with Gasteiger partial charge in [-0.1, -0.05) is 6.92 Å². The summed E-state index contributed by atoms with van der Waals surface area (Å²) in [5, 5.41) is 4.63. The summed E-state index contributed by atoms with van der Waals surface area (Å²) in [5.74, 6) is 1.59. The summed E-state index contributed by atoms with van der Waals surface area (Å²) in [5.41, 5.74) is 1.91. The van der Waals surface area contributed by atoms with Crippen molar-refractivity contribution in [1.29, 1.82) is 0 Å². The largest absolute Gasteiger partial charge is 0.497 e. The molecule has 5 heteroatoms. The molecule has 2 aromatic rings. The molecular formula is C17H22N2O3. The smallest absolute Gasteiger partial charge is 0.133 e. The molecule has 2 heterocycles. The van der Waals surface area contributed by atoms with Gasteiger partial charge in [-0.15, -0.1) is 0 Å². The van der Waals surface area contributed by atoms with Gasteiger partial charge in [0.15, 0.2) is 0 Å². The van der Waals surface area contributed by atoms with Crippen molar-refractivity contribution >= 4 is 0 Å². The molecule has 0 N–H and O–H groups in total.